The first kappa shape index (κ1) is 24.2. The van der Waals surface area contributed by atoms with Crippen LogP contribution in [-0.2, 0) is 10.0 Å². The highest BCUT2D eigenvalue weighted by atomic mass is 32.2. The van der Waals surface area contributed by atoms with Crippen LogP contribution in [0.4, 0.5) is 11.4 Å². The van der Waals surface area contributed by atoms with E-state index in [2.05, 4.69) is 10.6 Å². The number of methoxy groups -OCH3 is 1. The average Bonchev–Trinajstić information content (AvgIpc) is 2.81. The molecule has 3 aromatic rings. The summed E-state index contributed by atoms with van der Waals surface area (Å²) in [5.41, 5.74) is 3.41. The van der Waals surface area contributed by atoms with Crippen molar-refractivity contribution < 1.29 is 17.9 Å². The molecule has 0 spiro atoms. The van der Waals surface area contributed by atoms with E-state index < -0.39 is 10.0 Å². The van der Waals surface area contributed by atoms with Gasteiger partial charge in [-0.25, -0.2) is 8.42 Å². The van der Waals surface area contributed by atoms with Crippen LogP contribution in [0.1, 0.15) is 21.5 Å². The average molecular weight is 484 g/mol. The van der Waals surface area contributed by atoms with Crippen molar-refractivity contribution in [3.05, 3.63) is 83.4 Å². The number of nitrogens with zero attached hydrogens (tertiary/aromatic N) is 1. The number of thiocarbonyl (C=S) groups is 1. The summed E-state index contributed by atoms with van der Waals surface area (Å²) in [6.07, 6.45) is 0. The van der Waals surface area contributed by atoms with E-state index >= 15 is 0 Å². The largest absolute Gasteiger partial charge is 0.496 e. The van der Waals surface area contributed by atoms with Gasteiger partial charge in [0.25, 0.3) is 15.9 Å². The molecule has 0 radical (unpaired) electrons. The molecule has 3 rings (SSSR count). The number of aryl methyl sites for hydroxylation is 1. The Hall–Kier alpha value is -3.43. The Morgan fingerprint density at radius 2 is 1.64 bits per heavy atom. The Bertz CT molecular complexity index is 1280. The molecule has 0 unspecified atom stereocenters. The molecule has 0 atom stereocenters. The van der Waals surface area contributed by atoms with Gasteiger partial charge in [0.1, 0.15) is 5.75 Å². The van der Waals surface area contributed by atoms with Gasteiger partial charge in [0.15, 0.2) is 5.11 Å². The van der Waals surface area contributed by atoms with Gasteiger partial charge in [-0.3, -0.25) is 14.4 Å². The lowest BCUT2D eigenvalue weighted by molar-refractivity contribution is 0.0977. The van der Waals surface area contributed by atoms with Gasteiger partial charge < -0.3 is 10.1 Å². The summed E-state index contributed by atoms with van der Waals surface area (Å²) in [4.78, 5) is 12.7. The minimum atomic E-state index is -3.72. The minimum absolute atomic E-state index is 0.0919. The van der Waals surface area contributed by atoms with Crippen LogP contribution in [0.2, 0.25) is 0 Å². The van der Waals surface area contributed by atoms with Crippen LogP contribution in [0.25, 0.3) is 0 Å². The molecule has 0 aromatic heterocycles. The van der Waals surface area contributed by atoms with Crippen molar-refractivity contribution in [2.24, 2.45) is 0 Å². The number of para-hydroxylation sites is 1. The highest BCUT2D eigenvalue weighted by Gasteiger charge is 2.21. The van der Waals surface area contributed by atoms with Crippen molar-refractivity contribution >= 4 is 44.6 Å². The highest BCUT2D eigenvalue weighted by Crippen LogP contribution is 2.24. The molecule has 172 valence electrons. The fraction of sp³-hybridized carbons (Fsp3) is 0.167. The summed E-state index contributed by atoms with van der Waals surface area (Å²) >= 11 is 5.24. The fourth-order valence-corrected chi connectivity index (χ4v) is 4.56. The third-order valence-corrected chi connectivity index (χ3v) is 7.22. The van der Waals surface area contributed by atoms with Gasteiger partial charge in [0.05, 0.1) is 17.7 Å². The van der Waals surface area contributed by atoms with Crippen molar-refractivity contribution in [3.63, 3.8) is 0 Å². The first-order valence-corrected chi connectivity index (χ1v) is 11.9. The topological polar surface area (TPSA) is 87.7 Å². The zero-order chi connectivity index (χ0) is 24.2. The number of anilines is 2. The molecular formula is C24H25N3O4S2. The number of sulfonamides is 1. The van der Waals surface area contributed by atoms with E-state index in [1.54, 1.807) is 55.6 Å². The van der Waals surface area contributed by atoms with Crippen LogP contribution in [0.15, 0.2) is 71.6 Å². The summed E-state index contributed by atoms with van der Waals surface area (Å²) in [5, 5.41) is 5.62. The third-order valence-electron chi connectivity index (χ3n) is 5.22. The van der Waals surface area contributed by atoms with Crippen molar-refractivity contribution in [1.29, 1.82) is 0 Å². The Balaban J connectivity index is 1.68. The van der Waals surface area contributed by atoms with Crippen molar-refractivity contribution in [3.8, 4) is 5.75 Å². The van der Waals surface area contributed by atoms with Gasteiger partial charge in [-0.1, -0.05) is 18.2 Å². The van der Waals surface area contributed by atoms with Gasteiger partial charge in [0.2, 0.25) is 0 Å². The first-order chi connectivity index (χ1) is 15.6. The SMILES string of the molecule is COc1cc(C(=O)NC(=S)Nc2ccc(S(=O)(=O)N(C)c3ccccc3)cc2)cc(C)c1C. The number of carbonyl (C=O) groups excluding carboxylic acids is 1. The van der Waals surface area contributed by atoms with Crippen LogP contribution in [0.3, 0.4) is 0 Å². The first-order valence-electron chi connectivity index (χ1n) is 10.0. The quantitative estimate of drug-likeness (QED) is 0.510. The second-order valence-corrected chi connectivity index (χ2v) is 9.74. The normalized spacial score (nSPS) is 10.9. The van der Waals surface area contributed by atoms with Crippen LogP contribution in [0.5, 0.6) is 5.75 Å². The maximum Gasteiger partial charge on any atom is 0.264 e. The molecule has 0 bridgehead atoms. The number of hydrogen-bond donors (Lipinski definition) is 2. The standard InChI is InChI=1S/C24H25N3O4S2/c1-16-14-18(15-22(31-4)17(16)2)23(28)26-24(32)25-19-10-12-21(13-11-19)33(29,30)27(3)20-8-6-5-7-9-20/h5-15H,1-4H3,(H2,25,26,28,32). The number of carbonyl (C=O) groups is 1. The smallest absolute Gasteiger partial charge is 0.264 e. The molecule has 33 heavy (non-hydrogen) atoms. The van der Waals surface area contributed by atoms with Crippen LogP contribution in [0, 0.1) is 13.8 Å². The van der Waals surface area contributed by atoms with E-state index in [9.17, 15) is 13.2 Å². The lowest BCUT2D eigenvalue weighted by Gasteiger charge is -2.19. The lowest BCUT2D eigenvalue weighted by atomic mass is 10.0. The number of rotatable bonds is 6. The molecule has 7 nitrogen and oxygen atoms in total. The van der Waals surface area contributed by atoms with Crippen LogP contribution in [-0.4, -0.2) is 33.6 Å². The Morgan fingerprint density at radius 3 is 2.24 bits per heavy atom. The van der Waals surface area contributed by atoms with Crippen LogP contribution < -0.4 is 19.7 Å². The molecule has 3 aromatic carbocycles. The maximum absolute atomic E-state index is 12.9. The van der Waals surface area contributed by atoms with Gasteiger partial charge in [-0.15, -0.1) is 0 Å². The highest BCUT2D eigenvalue weighted by molar-refractivity contribution is 7.92. The van der Waals surface area contributed by atoms with E-state index in [0.29, 0.717) is 22.7 Å². The molecule has 0 aliphatic rings. The van der Waals surface area contributed by atoms with E-state index in [-0.39, 0.29) is 15.9 Å². The summed E-state index contributed by atoms with van der Waals surface area (Å²) in [6.45, 7) is 3.82. The molecular weight excluding hydrogens is 458 g/mol. The van der Waals surface area contributed by atoms with Gasteiger partial charge in [-0.2, -0.15) is 0 Å². The Kier molecular flexibility index (Phi) is 7.35. The molecule has 1 amide bonds. The zero-order valence-electron chi connectivity index (χ0n) is 18.7. The van der Waals surface area contributed by atoms with Gasteiger partial charge >= 0.3 is 0 Å². The minimum Gasteiger partial charge on any atom is -0.496 e. The molecule has 9 heteroatoms. The fourth-order valence-electron chi connectivity index (χ4n) is 3.15. The number of ether oxygens (including phenoxy) is 1. The molecule has 0 aliphatic heterocycles. The van der Waals surface area contributed by atoms with Crippen molar-refractivity contribution in [1.82, 2.24) is 5.32 Å². The summed E-state index contributed by atoms with van der Waals surface area (Å²) < 4.78 is 32.3. The predicted octanol–water partition coefficient (Wildman–Crippen LogP) is 4.26. The van der Waals surface area contributed by atoms with Gasteiger partial charge in [-0.05, 0) is 85.7 Å². The van der Waals surface area contributed by atoms with Gasteiger partial charge in [0, 0.05) is 18.3 Å². The number of benzene rings is 3. The monoisotopic (exact) mass is 483 g/mol. The molecule has 0 fully saturated rings. The Labute approximate surface area is 199 Å². The number of amides is 1. The Morgan fingerprint density at radius 1 is 1.00 bits per heavy atom. The molecule has 0 saturated carbocycles. The summed E-state index contributed by atoms with van der Waals surface area (Å²) in [6, 6.07) is 18.4. The molecule has 0 aliphatic carbocycles. The molecule has 0 heterocycles. The summed E-state index contributed by atoms with van der Waals surface area (Å²) in [5.74, 6) is 0.244. The second-order valence-electron chi connectivity index (χ2n) is 7.36. The summed E-state index contributed by atoms with van der Waals surface area (Å²) in [7, 11) is -0.660. The van der Waals surface area contributed by atoms with E-state index in [4.69, 9.17) is 17.0 Å². The maximum atomic E-state index is 12.9. The number of nitrogens with one attached hydrogen (secondary N) is 2. The van der Waals surface area contributed by atoms with E-state index in [1.165, 1.54) is 23.5 Å². The molecule has 0 saturated heterocycles. The predicted molar refractivity (Wildman–Crippen MR) is 135 cm³/mol. The second kappa shape index (κ2) is 10.0. The van der Waals surface area contributed by atoms with Crippen molar-refractivity contribution in [2.45, 2.75) is 18.7 Å². The molecule has 2 N–H and O–H groups in total. The third kappa shape index (κ3) is 5.50. The zero-order valence-corrected chi connectivity index (χ0v) is 20.4. The van der Waals surface area contributed by atoms with Crippen LogP contribution >= 0.6 is 12.2 Å². The van der Waals surface area contributed by atoms with E-state index in [1.807, 2.05) is 19.9 Å². The van der Waals surface area contributed by atoms with E-state index in [0.717, 1.165) is 11.1 Å². The number of hydrogen-bond acceptors (Lipinski definition) is 5. The lowest BCUT2D eigenvalue weighted by Crippen LogP contribution is -2.34. The van der Waals surface area contributed by atoms with Crippen molar-refractivity contribution in [2.75, 3.05) is 23.8 Å².